The minimum absolute atomic E-state index is 0.192. The summed E-state index contributed by atoms with van der Waals surface area (Å²) in [5.74, 6) is 0. The Labute approximate surface area is 130 Å². The molecular formula is C17H20N2O3. The summed E-state index contributed by atoms with van der Waals surface area (Å²) in [5.41, 5.74) is 0.887. The van der Waals surface area contributed by atoms with Crippen LogP contribution in [0.3, 0.4) is 0 Å². The second kappa shape index (κ2) is 7.56. The van der Waals surface area contributed by atoms with Gasteiger partial charge in [0.25, 0.3) is 0 Å². The molecule has 0 aliphatic carbocycles. The summed E-state index contributed by atoms with van der Waals surface area (Å²) in [7, 11) is 0. The average molecular weight is 300 g/mol. The van der Waals surface area contributed by atoms with E-state index in [0.29, 0.717) is 6.42 Å². The number of pyridine rings is 1. The standard InChI is InChI=1S/C17H20N2O3/c1-17(13-20,11-15-9-5-6-10-18-15)19-16(21)22-12-14-7-3-2-4-8-14/h2-10,20H,11-13H2,1H3,(H,19,21)/t17-/m1/s1. The molecule has 0 aliphatic heterocycles. The lowest BCUT2D eigenvalue weighted by Gasteiger charge is -2.27. The number of alkyl carbamates (subject to hydrolysis) is 1. The molecule has 0 bridgehead atoms. The molecule has 5 heteroatoms. The number of benzene rings is 1. The van der Waals surface area contributed by atoms with Gasteiger partial charge in [0.05, 0.1) is 12.1 Å². The molecule has 2 N–H and O–H groups in total. The molecule has 1 atom stereocenters. The number of carbonyl (C=O) groups excluding carboxylic acids is 1. The van der Waals surface area contributed by atoms with E-state index < -0.39 is 11.6 Å². The molecule has 1 amide bonds. The Morgan fingerprint density at radius 3 is 2.59 bits per heavy atom. The van der Waals surface area contributed by atoms with Crippen LogP contribution in [0.4, 0.5) is 4.79 Å². The van der Waals surface area contributed by atoms with E-state index in [1.54, 1.807) is 13.1 Å². The van der Waals surface area contributed by atoms with Crippen LogP contribution in [0, 0.1) is 0 Å². The maximum absolute atomic E-state index is 11.9. The van der Waals surface area contributed by atoms with E-state index in [-0.39, 0.29) is 13.2 Å². The second-order valence-electron chi connectivity index (χ2n) is 5.40. The number of nitrogens with one attached hydrogen (secondary N) is 1. The Morgan fingerprint density at radius 2 is 1.95 bits per heavy atom. The average Bonchev–Trinajstić information content (AvgIpc) is 2.55. The van der Waals surface area contributed by atoms with Gasteiger partial charge in [0.15, 0.2) is 0 Å². The largest absolute Gasteiger partial charge is 0.445 e. The first-order valence-electron chi connectivity index (χ1n) is 7.11. The zero-order valence-corrected chi connectivity index (χ0v) is 12.5. The van der Waals surface area contributed by atoms with E-state index in [1.807, 2.05) is 48.5 Å². The lowest BCUT2D eigenvalue weighted by atomic mass is 9.97. The zero-order chi connectivity index (χ0) is 15.8. The highest BCUT2D eigenvalue weighted by molar-refractivity contribution is 5.68. The normalized spacial score (nSPS) is 13.2. The van der Waals surface area contributed by atoms with Crippen LogP contribution in [0.25, 0.3) is 0 Å². The van der Waals surface area contributed by atoms with E-state index in [9.17, 15) is 9.90 Å². The SMILES string of the molecule is C[C@](CO)(Cc1ccccn1)NC(=O)OCc1ccccc1. The Balaban J connectivity index is 1.89. The van der Waals surface area contributed by atoms with Crippen molar-refractivity contribution in [3.8, 4) is 0 Å². The summed E-state index contributed by atoms with van der Waals surface area (Å²) in [6.07, 6.45) is 1.54. The number of aliphatic hydroxyl groups excluding tert-OH is 1. The van der Waals surface area contributed by atoms with Crippen LogP contribution < -0.4 is 5.32 Å². The Morgan fingerprint density at radius 1 is 1.23 bits per heavy atom. The predicted molar refractivity (Wildman–Crippen MR) is 83.2 cm³/mol. The maximum atomic E-state index is 11.9. The van der Waals surface area contributed by atoms with Crippen LogP contribution in [0.1, 0.15) is 18.2 Å². The molecule has 22 heavy (non-hydrogen) atoms. The van der Waals surface area contributed by atoms with Gasteiger partial charge in [-0.15, -0.1) is 0 Å². The molecule has 0 radical (unpaired) electrons. The third-order valence-electron chi connectivity index (χ3n) is 3.26. The van der Waals surface area contributed by atoms with E-state index in [4.69, 9.17) is 4.74 Å². The first-order chi connectivity index (χ1) is 10.6. The third kappa shape index (κ3) is 4.86. The lowest BCUT2D eigenvalue weighted by Crippen LogP contribution is -2.50. The molecule has 0 unspecified atom stereocenters. The molecule has 0 saturated carbocycles. The smallest absolute Gasteiger partial charge is 0.407 e. The van der Waals surface area contributed by atoms with Crippen LogP contribution in [0.2, 0.25) is 0 Å². The van der Waals surface area contributed by atoms with E-state index in [1.165, 1.54) is 0 Å². The summed E-state index contributed by atoms with van der Waals surface area (Å²) in [5, 5.41) is 12.3. The van der Waals surface area contributed by atoms with Crippen molar-refractivity contribution in [2.75, 3.05) is 6.61 Å². The molecule has 2 rings (SSSR count). The molecule has 1 heterocycles. The Kier molecular flexibility index (Phi) is 5.49. The third-order valence-corrected chi connectivity index (χ3v) is 3.26. The molecule has 1 aromatic heterocycles. The monoisotopic (exact) mass is 300 g/mol. The summed E-state index contributed by atoms with van der Waals surface area (Å²) < 4.78 is 5.18. The van der Waals surface area contributed by atoms with E-state index in [0.717, 1.165) is 11.3 Å². The van der Waals surface area contributed by atoms with Crippen molar-refractivity contribution in [1.82, 2.24) is 10.3 Å². The quantitative estimate of drug-likeness (QED) is 0.858. The number of amides is 1. The molecule has 1 aromatic carbocycles. The molecular weight excluding hydrogens is 280 g/mol. The van der Waals surface area contributed by atoms with Gasteiger partial charge >= 0.3 is 6.09 Å². The van der Waals surface area contributed by atoms with Gasteiger partial charge < -0.3 is 15.2 Å². The minimum atomic E-state index is -0.817. The van der Waals surface area contributed by atoms with Crippen molar-refractivity contribution < 1.29 is 14.6 Å². The van der Waals surface area contributed by atoms with Crippen LogP contribution in [-0.4, -0.2) is 28.3 Å². The van der Waals surface area contributed by atoms with Crippen molar-refractivity contribution in [2.24, 2.45) is 0 Å². The van der Waals surface area contributed by atoms with Crippen LogP contribution >= 0.6 is 0 Å². The number of hydrogen-bond acceptors (Lipinski definition) is 4. The highest BCUT2D eigenvalue weighted by Gasteiger charge is 2.27. The van der Waals surface area contributed by atoms with Gasteiger partial charge in [0.1, 0.15) is 6.61 Å². The number of ether oxygens (including phenoxy) is 1. The van der Waals surface area contributed by atoms with Crippen LogP contribution in [0.15, 0.2) is 54.7 Å². The first kappa shape index (κ1) is 16.0. The summed E-state index contributed by atoms with van der Waals surface area (Å²) in [4.78, 5) is 16.1. The summed E-state index contributed by atoms with van der Waals surface area (Å²) in [6, 6.07) is 15.0. The van der Waals surface area contributed by atoms with Crippen molar-refractivity contribution in [3.05, 3.63) is 66.0 Å². The van der Waals surface area contributed by atoms with Crippen LogP contribution in [-0.2, 0) is 17.8 Å². The summed E-state index contributed by atoms with van der Waals surface area (Å²) in [6.45, 7) is 1.74. The van der Waals surface area contributed by atoms with Crippen molar-refractivity contribution in [2.45, 2.75) is 25.5 Å². The number of rotatable bonds is 6. The van der Waals surface area contributed by atoms with Crippen LogP contribution in [0.5, 0.6) is 0 Å². The highest BCUT2D eigenvalue weighted by Crippen LogP contribution is 2.11. The van der Waals surface area contributed by atoms with E-state index in [2.05, 4.69) is 10.3 Å². The van der Waals surface area contributed by atoms with Gasteiger partial charge in [0.2, 0.25) is 0 Å². The fraction of sp³-hybridized carbons (Fsp3) is 0.294. The number of hydrogen-bond donors (Lipinski definition) is 2. The molecule has 5 nitrogen and oxygen atoms in total. The molecule has 2 aromatic rings. The number of nitrogens with zero attached hydrogens (tertiary/aromatic N) is 1. The Hall–Kier alpha value is -2.40. The van der Waals surface area contributed by atoms with Gasteiger partial charge in [-0.1, -0.05) is 36.4 Å². The van der Waals surface area contributed by atoms with Crippen molar-refractivity contribution in [3.63, 3.8) is 0 Å². The number of carbonyl (C=O) groups is 1. The van der Waals surface area contributed by atoms with Gasteiger partial charge in [0, 0.05) is 18.3 Å². The Bertz CT molecular complexity index is 589. The van der Waals surface area contributed by atoms with Gasteiger partial charge in [-0.2, -0.15) is 0 Å². The number of aromatic nitrogens is 1. The molecule has 0 fully saturated rings. The zero-order valence-electron chi connectivity index (χ0n) is 12.5. The first-order valence-corrected chi connectivity index (χ1v) is 7.11. The molecule has 0 saturated heterocycles. The molecule has 0 aliphatic rings. The van der Waals surface area contributed by atoms with Crippen molar-refractivity contribution >= 4 is 6.09 Å². The van der Waals surface area contributed by atoms with Crippen molar-refractivity contribution in [1.29, 1.82) is 0 Å². The van der Waals surface area contributed by atoms with Gasteiger partial charge in [-0.3, -0.25) is 4.98 Å². The van der Waals surface area contributed by atoms with Gasteiger partial charge in [-0.05, 0) is 24.6 Å². The lowest BCUT2D eigenvalue weighted by molar-refractivity contribution is 0.111. The fourth-order valence-electron chi connectivity index (χ4n) is 2.05. The maximum Gasteiger partial charge on any atom is 0.407 e. The number of aliphatic hydroxyl groups is 1. The minimum Gasteiger partial charge on any atom is -0.445 e. The topological polar surface area (TPSA) is 71.5 Å². The summed E-state index contributed by atoms with van der Waals surface area (Å²) >= 11 is 0. The second-order valence-corrected chi connectivity index (χ2v) is 5.40. The van der Waals surface area contributed by atoms with E-state index >= 15 is 0 Å². The predicted octanol–water partition coefficient (Wildman–Crippen LogP) is 2.30. The van der Waals surface area contributed by atoms with Gasteiger partial charge in [-0.25, -0.2) is 4.79 Å². The molecule has 0 spiro atoms. The molecule has 116 valence electrons. The highest BCUT2D eigenvalue weighted by atomic mass is 16.5. The fourth-order valence-corrected chi connectivity index (χ4v) is 2.05.